The van der Waals surface area contributed by atoms with Gasteiger partial charge in [0.25, 0.3) is 5.69 Å². The second-order valence-electron chi connectivity index (χ2n) is 5.96. The number of halogens is 1. The van der Waals surface area contributed by atoms with Crippen molar-refractivity contribution in [2.75, 3.05) is 6.54 Å². The number of nitrogens with two attached hydrogens (primary N) is 1. The van der Waals surface area contributed by atoms with Gasteiger partial charge in [-0.3, -0.25) is 10.1 Å². The molecule has 7 nitrogen and oxygen atoms in total. The van der Waals surface area contributed by atoms with Crippen molar-refractivity contribution in [3.05, 3.63) is 33.4 Å². The van der Waals surface area contributed by atoms with Crippen molar-refractivity contribution < 1.29 is 13.3 Å². The summed E-state index contributed by atoms with van der Waals surface area (Å²) >= 11 is 0. The fourth-order valence-electron chi connectivity index (χ4n) is 3.05. The average molecular weight is 364 g/mol. The summed E-state index contributed by atoms with van der Waals surface area (Å²) in [6.07, 6.45) is 3.23. The fraction of sp³-hybridized carbons (Fsp3) is 0.571. The maximum Gasteiger partial charge on any atom is 0.273 e. The molecule has 130 valence electrons. The molecule has 1 aliphatic rings. The third-order valence-electron chi connectivity index (χ3n) is 4.28. The normalized spacial score (nSPS) is 16.8. The molecule has 9 heteroatoms. The smallest absolute Gasteiger partial charge is 0.273 e. The van der Waals surface area contributed by atoms with Crippen LogP contribution in [-0.2, 0) is 10.0 Å². The fourth-order valence-corrected chi connectivity index (χ4v) is 4.76. The first-order valence-corrected chi connectivity index (χ1v) is 8.69. The molecular formula is C14H22ClN3O4S. The van der Waals surface area contributed by atoms with Crippen LogP contribution in [0.1, 0.15) is 36.8 Å². The molecule has 0 atom stereocenters. The van der Waals surface area contributed by atoms with E-state index in [1.807, 2.05) is 0 Å². The molecule has 3 N–H and O–H groups in total. The Hall–Kier alpha value is -1.22. The van der Waals surface area contributed by atoms with Gasteiger partial charge >= 0.3 is 0 Å². The molecule has 0 unspecified atom stereocenters. The van der Waals surface area contributed by atoms with Gasteiger partial charge in [0.2, 0.25) is 10.0 Å². The number of nitrogens with zero attached hydrogens (tertiary/aromatic N) is 1. The summed E-state index contributed by atoms with van der Waals surface area (Å²) in [5, 5.41) is 11.0. The molecule has 0 aromatic heterocycles. The number of rotatable bonds is 5. The highest BCUT2D eigenvalue weighted by Gasteiger charge is 2.37. The van der Waals surface area contributed by atoms with Crippen molar-refractivity contribution in [2.45, 2.75) is 50.0 Å². The lowest BCUT2D eigenvalue weighted by atomic mass is 10.0. The monoisotopic (exact) mass is 363 g/mol. The van der Waals surface area contributed by atoms with Gasteiger partial charge in [0.15, 0.2) is 0 Å². The molecule has 1 fully saturated rings. The summed E-state index contributed by atoms with van der Waals surface area (Å²) in [5.74, 6) is 0. The topological polar surface area (TPSA) is 115 Å². The zero-order valence-electron chi connectivity index (χ0n) is 13.2. The number of nitro groups is 1. The number of hydrogen-bond acceptors (Lipinski definition) is 5. The van der Waals surface area contributed by atoms with E-state index in [9.17, 15) is 18.5 Å². The molecule has 0 aliphatic heterocycles. The molecule has 1 aromatic carbocycles. The number of nitro benzene ring substituents is 1. The van der Waals surface area contributed by atoms with Crippen LogP contribution < -0.4 is 10.5 Å². The van der Waals surface area contributed by atoms with E-state index in [1.165, 1.54) is 6.07 Å². The lowest BCUT2D eigenvalue weighted by Crippen LogP contribution is -2.51. The first-order chi connectivity index (χ1) is 10.2. The molecule has 0 saturated heterocycles. The molecule has 0 spiro atoms. The molecule has 0 bridgehead atoms. The first-order valence-electron chi connectivity index (χ1n) is 7.20. The van der Waals surface area contributed by atoms with Crippen LogP contribution in [0, 0.1) is 24.0 Å². The van der Waals surface area contributed by atoms with Gasteiger partial charge < -0.3 is 5.73 Å². The number of benzene rings is 1. The maximum absolute atomic E-state index is 12.7. The summed E-state index contributed by atoms with van der Waals surface area (Å²) in [6.45, 7) is 3.45. The van der Waals surface area contributed by atoms with Gasteiger partial charge in [-0.2, -0.15) is 0 Å². The van der Waals surface area contributed by atoms with E-state index in [4.69, 9.17) is 5.73 Å². The zero-order chi connectivity index (χ0) is 16.5. The quantitative estimate of drug-likeness (QED) is 0.614. The van der Waals surface area contributed by atoms with E-state index < -0.39 is 20.5 Å². The molecule has 1 aromatic rings. The van der Waals surface area contributed by atoms with Crippen LogP contribution in [0.15, 0.2) is 17.0 Å². The minimum atomic E-state index is -3.85. The van der Waals surface area contributed by atoms with Crippen LogP contribution in [0.2, 0.25) is 0 Å². The van der Waals surface area contributed by atoms with Crippen LogP contribution in [0.25, 0.3) is 0 Å². The Bertz CT molecular complexity index is 700. The second-order valence-corrected chi connectivity index (χ2v) is 7.61. The van der Waals surface area contributed by atoms with Gasteiger partial charge in [0, 0.05) is 23.7 Å². The molecular weight excluding hydrogens is 342 g/mol. The molecule has 0 heterocycles. The van der Waals surface area contributed by atoms with E-state index in [0.29, 0.717) is 24.0 Å². The lowest BCUT2D eigenvalue weighted by molar-refractivity contribution is -0.385. The van der Waals surface area contributed by atoms with E-state index in [2.05, 4.69) is 4.72 Å². The number of hydrogen-bond donors (Lipinski definition) is 2. The molecule has 23 heavy (non-hydrogen) atoms. The van der Waals surface area contributed by atoms with Crippen molar-refractivity contribution in [1.82, 2.24) is 4.72 Å². The number of nitrogens with one attached hydrogen (secondary N) is 1. The highest BCUT2D eigenvalue weighted by Crippen LogP contribution is 2.32. The van der Waals surface area contributed by atoms with Crippen molar-refractivity contribution in [3.63, 3.8) is 0 Å². The Morgan fingerprint density at radius 1 is 1.26 bits per heavy atom. The van der Waals surface area contributed by atoms with Crippen LogP contribution in [0.3, 0.4) is 0 Å². The van der Waals surface area contributed by atoms with Crippen LogP contribution >= 0.6 is 12.4 Å². The lowest BCUT2D eigenvalue weighted by Gasteiger charge is -2.28. The van der Waals surface area contributed by atoms with Gasteiger partial charge in [0.1, 0.15) is 0 Å². The molecule has 1 aliphatic carbocycles. The Labute approximate surface area is 142 Å². The van der Waals surface area contributed by atoms with Crippen molar-refractivity contribution in [2.24, 2.45) is 5.73 Å². The van der Waals surface area contributed by atoms with Crippen LogP contribution in [0.4, 0.5) is 5.69 Å². The molecule has 2 rings (SSSR count). The molecule has 0 radical (unpaired) electrons. The minimum Gasteiger partial charge on any atom is -0.329 e. The van der Waals surface area contributed by atoms with Crippen molar-refractivity contribution in [3.8, 4) is 0 Å². The van der Waals surface area contributed by atoms with Gasteiger partial charge in [0.05, 0.1) is 9.82 Å². The zero-order valence-corrected chi connectivity index (χ0v) is 14.8. The largest absolute Gasteiger partial charge is 0.329 e. The second kappa shape index (κ2) is 7.12. The predicted molar refractivity (Wildman–Crippen MR) is 90.4 cm³/mol. The van der Waals surface area contributed by atoms with E-state index in [0.717, 1.165) is 18.9 Å². The van der Waals surface area contributed by atoms with Gasteiger partial charge in [-0.15, -0.1) is 12.4 Å². The number of aryl methyl sites for hydroxylation is 2. The van der Waals surface area contributed by atoms with Gasteiger partial charge in [-0.1, -0.05) is 12.8 Å². The van der Waals surface area contributed by atoms with E-state index >= 15 is 0 Å². The van der Waals surface area contributed by atoms with Gasteiger partial charge in [-0.25, -0.2) is 13.1 Å². The summed E-state index contributed by atoms with van der Waals surface area (Å²) in [7, 11) is -3.85. The van der Waals surface area contributed by atoms with Crippen LogP contribution in [0.5, 0.6) is 0 Å². The van der Waals surface area contributed by atoms with E-state index in [-0.39, 0.29) is 29.5 Å². The third kappa shape index (κ3) is 4.00. The SMILES string of the molecule is Cc1cc(C)c(S(=O)(=O)NC2(CN)CCCC2)cc1[N+](=O)[O-].Cl. The molecule has 0 amide bonds. The highest BCUT2D eigenvalue weighted by molar-refractivity contribution is 7.89. The summed E-state index contributed by atoms with van der Waals surface area (Å²) in [4.78, 5) is 10.4. The Kier molecular flexibility index (Phi) is 6.14. The highest BCUT2D eigenvalue weighted by atomic mass is 35.5. The van der Waals surface area contributed by atoms with Crippen LogP contribution in [-0.4, -0.2) is 25.4 Å². The number of sulfonamides is 1. The molecule has 1 saturated carbocycles. The first kappa shape index (κ1) is 19.8. The average Bonchev–Trinajstić information content (AvgIpc) is 2.86. The minimum absolute atomic E-state index is 0. The Morgan fingerprint density at radius 3 is 2.30 bits per heavy atom. The van der Waals surface area contributed by atoms with Crippen molar-refractivity contribution >= 4 is 28.1 Å². The Balaban J connectivity index is 0.00000264. The standard InChI is InChI=1S/C14H21N3O4S.ClH/c1-10-7-11(2)13(8-12(10)17(18)19)22(20,21)16-14(9-15)5-3-4-6-14;/h7-8,16H,3-6,9,15H2,1-2H3;1H. The van der Waals surface area contributed by atoms with E-state index in [1.54, 1.807) is 13.8 Å². The summed E-state index contributed by atoms with van der Waals surface area (Å²) < 4.78 is 28.0. The predicted octanol–water partition coefficient (Wildman–Crippen LogP) is 2.18. The summed E-state index contributed by atoms with van der Waals surface area (Å²) in [5.41, 5.74) is 5.86. The van der Waals surface area contributed by atoms with Crippen molar-refractivity contribution in [1.29, 1.82) is 0 Å². The third-order valence-corrected chi connectivity index (χ3v) is 6.00. The Morgan fingerprint density at radius 2 is 1.83 bits per heavy atom. The maximum atomic E-state index is 12.7. The summed E-state index contributed by atoms with van der Waals surface area (Å²) in [6, 6.07) is 2.66. The van der Waals surface area contributed by atoms with Gasteiger partial charge in [-0.05, 0) is 38.3 Å².